The second-order valence-electron chi connectivity index (χ2n) is 6.83. The number of nitrogens with zero attached hydrogens (tertiary/aromatic N) is 2. The standard InChI is InChI=1S/C19H24N2OS/c1-13-8-14(2)11-21(10-13)19(22)12-23-18-9-15(3)16-6-4-5-7-17(16)20-18/h4-7,9,13-14H,8,10-12H2,1-3H3/t13-,14-/m0/s1. The highest BCUT2D eigenvalue weighted by molar-refractivity contribution is 7.99. The maximum absolute atomic E-state index is 12.5. The lowest BCUT2D eigenvalue weighted by molar-refractivity contribution is -0.130. The second-order valence-corrected chi connectivity index (χ2v) is 7.82. The van der Waals surface area contributed by atoms with E-state index >= 15 is 0 Å². The van der Waals surface area contributed by atoms with Crippen LogP contribution in [0.3, 0.4) is 0 Å². The summed E-state index contributed by atoms with van der Waals surface area (Å²) in [4.78, 5) is 19.2. The Hall–Kier alpha value is -1.55. The van der Waals surface area contributed by atoms with Crippen molar-refractivity contribution in [3.05, 3.63) is 35.9 Å². The molecule has 1 amide bonds. The number of carbonyl (C=O) groups is 1. The monoisotopic (exact) mass is 328 g/mol. The molecular formula is C19H24N2OS. The third-order valence-electron chi connectivity index (χ3n) is 4.46. The highest BCUT2D eigenvalue weighted by atomic mass is 32.2. The highest BCUT2D eigenvalue weighted by Gasteiger charge is 2.25. The number of amides is 1. The summed E-state index contributed by atoms with van der Waals surface area (Å²) in [5, 5.41) is 2.12. The zero-order valence-electron chi connectivity index (χ0n) is 14.1. The first-order valence-corrected chi connectivity index (χ1v) is 9.28. The predicted molar refractivity (Wildman–Crippen MR) is 96.7 cm³/mol. The second kappa shape index (κ2) is 6.91. The largest absolute Gasteiger partial charge is 0.341 e. The molecule has 3 rings (SSSR count). The molecule has 1 aromatic carbocycles. The van der Waals surface area contributed by atoms with E-state index in [1.165, 1.54) is 17.4 Å². The number of aromatic nitrogens is 1. The Bertz CT molecular complexity index is 706. The molecule has 0 spiro atoms. The first kappa shape index (κ1) is 16.3. The summed E-state index contributed by atoms with van der Waals surface area (Å²) in [6.07, 6.45) is 1.22. The van der Waals surface area contributed by atoms with Crippen molar-refractivity contribution in [3.8, 4) is 0 Å². The van der Waals surface area contributed by atoms with Crippen molar-refractivity contribution >= 4 is 28.6 Å². The van der Waals surface area contributed by atoms with Crippen molar-refractivity contribution in [1.82, 2.24) is 9.88 Å². The van der Waals surface area contributed by atoms with Gasteiger partial charge >= 0.3 is 0 Å². The van der Waals surface area contributed by atoms with Crippen LogP contribution in [0.1, 0.15) is 25.8 Å². The minimum atomic E-state index is 0.237. The van der Waals surface area contributed by atoms with Gasteiger partial charge < -0.3 is 4.90 Å². The van der Waals surface area contributed by atoms with Crippen LogP contribution in [-0.2, 0) is 4.79 Å². The summed E-state index contributed by atoms with van der Waals surface area (Å²) in [5.41, 5.74) is 2.22. The Kier molecular flexibility index (Phi) is 4.90. The molecule has 2 heterocycles. The Labute approximate surface area is 142 Å². The van der Waals surface area contributed by atoms with E-state index in [2.05, 4.69) is 37.9 Å². The zero-order valence-corrected chi connectivity index (χ0v) is 14.9. The van der Waals surface area contributed by atoms with E-state index in [4.69, 9.17) is 0 Å². The minimum absolute atomic E-state index is 0.237. The van der Waals surface area contributed by atoms with E-state index in [-0.39, 0.29) is 5.91 Å². The summed E-state index contributed by atoms with van der Waals surface area (Å²) in [6, 6.07) is 10.2. The van der Waals surface area contributed by atoms with Gasteiger partial charge in [0, 0.05) is 18.5 Å². The maximum atomic E-state index is 12.5. The van der Waals surface area contributed by atoms with Gasteiger partial charge in [-0.25, -0.2) is 4.98 Å². The number of para-hydroxylation sites is 1. The van der Waals surface area contributed by atoms with Crippen LogP contribution in [0.15, 0.2) is 35.4 Å². The molecule has 4 heteroatoms. The van der Waals surface area contributed by atoms with E-state index in [0.29, 0.717) is 17.6 Å². The molecule has 0 saturated carbocycles. The van der Waals surface area contributed by atoms with Gasteiger partial charge in [0.2, 0.25) is 5.91 Å². The average Bonchev–Trinajstić information content (AvgIpc) is 2.52. The molecule has 0 aliphatic carbocycles. The zero-order chi connectivity index (χ0) is 16.4. The molecule has 1 saturated heterocycles. The normalized spacial score (nSPS) is 21.6. The van der Waals surface area contributed by atoms with E-state index < -0.39 is 0 Å². The fourth-order valence-electron chi connectivity index (χ4n) is 3.49. The molecule has 2 aromatic rings. The highest BCUT2D eigenvalue weighted by Crippen LogP contribution is 2.25. The SMILES string of the molecule is Cc1cc(SCC(=O)N2C[C@@H](C)C[C@H](C)C2)nc2ccccc12. The van der Waals surface area contributed by atoms with Crippen molar-refractivity contribution in [2.24, 2.45) is 11.8 Å². The van der Waals surface area contributed by atoms with Crippen LogP contribution in [0.25, 0.3) is 10.9 Å². The quantitative estimate of drug-likeness (QED) is 0.794. The molecule has 23 heavy (non-hydrogen) atoms. The van der Waals surface area contributed by atoms with E-state index in [1.54, 1.807) is 11.8 Å². The van der Waals surface area contributed by atoms with Crippen LogP contribution in [0, 0.1) is 18.8 Å². The van der Waals surface area contributed by atoms with Gasteiger partial charge in [-0.05, 0) is 42.9 Å². The van der Waals surface area contributed by atoms with Gasteiger partial charge in [0.25, 0.3) is 0 Å². The number of piperidine rings is 1. The van der Waals surface area contributed by atoms with Crippen LogP contribution < -0.4 is 0 Å². The number of rotatable bonds is 3. The molecule has 0 N–H and O–H groups in total. The van der Waals surface area contributed by atoms with Crippen molar-refractivity contribution < 1.29 is 4.79 Å². The van der Waals surface area contributed by atoms with Gasteiger partial charge in [0.1, 0.15) is 0 Å². The summed E-state index contributed by atoms with van der Waals surface area (Å²) in [5.74, 6) is 1.92. The summed E-state index contributed by atoms with van der Waals surface area (Å²) >= 11 is 1.55. The molecule has 3 nitrogen and oxygen atoms in total. The first-order chi connectivity index (χ1) is 11.0. The molecule has 0 radical (unpaired) electrons. The Morgan fingerprint density at radius 1 is 1.26 bits per heavy atom. The maximum Gasteiger partial charge on any atom is 0.233 e. The van der Waals surface area contributed by atoms with E-state index in [9.17, 15) is 4.79 Å². The fourth-order valence-corrected chi connectivity index (χ4v) is 4.36. The Morgan fingerprint density at radius 2 is 1.96 bits per heavy atom. The number of thioether (sulfide) groups is 1. The lowest BCUT2D eigenvalue weighted by atomic mass is 9.92. The summed E-state index contributed by atoms with van der Waals surface area (Å²) in [7, 11) is 0. The van der Waals surface area contributed by atoms with Gasteiger partial charge in [-0.15, -0.1) is 0 Å². The number of likely N-dealkylation sites (tertiary alicyclic amines) is 1. The number of aryl methyl sites for hydroxylation is 1. The lowest BCUT2D eigenvalue weighted by Gasteiger charge is -2.35. The van der Waals surface area contributed by atoms with Crippen LogP contribution in [0.2, 0.25) is 0 Å². The molecule has 0 bridgehead atoms. The van der Waals surface area contributed by atoms with Crippen LogP contribution in [-0.4, -0.2) is 34.6 Å². The van der Waals surface area contributed by atoms with Gasteiger partial charge in [0.15, 0.2) is 0 Å². The fraction of sp³-hybridized carbons (Fsp3) is 0.474. The van der Waals surface area contributed by atoms with E-state index in [1.807, 2.05) is 23.1 Å². The Morgan fingerprint density at radius 3 is 2.70 bits per heavy atom. The van der Waals surface area contributed by atoms with Crippen molar-refractivity contribution in [3.63, 3.8) is 0 Å². The van der Waals surface area contributed by atoms with Crippen molar-refractivity contribution in [2.75, 3.05) is 18.8 Å². The van der Waals surface area contributed by atoms with Crippen molar-refractivity contribution in [1.29, 1.82) is 0 Å². The molecular weight excluding hydrogens is 304 g/mol. The third kappa shape index (κ3) is 3.86. The van der Waals surface area contributed by atoms with Crippen LogP contribution >= 0.6 is 11.8 Å². The minimum Gasteiger partial charge on any atom is -0.341 e. The third-order valence-corrected chi connectivity index (χ3v) is 5.36. The molecule has 0 unspecified atom stereocenters. The molecule has 1 fully saturated rings. The van der Waals surface area contributed by atoms with Gasteiger partial charge in [-0.3, -0.25) is 4.79 Å². The number of pyridine rings is 1. The number of carbonyl (C=O) groups excluding carboxylic acids is 1. The number of hydrogen-bond donors (Lipinski definition) is 0. The molecule has 1 aromatic heterocycles. The van der Waals surface area contributed by atoms with Crippen molar-refractivity contribution in [2.45, 2.75) is 32.2 Å². The smallest absolute Gasteiger partial charge is 0.233 e. The van der Waals surface area contributed by atoms with Gasteiger partial charge in [-0.1, -0.05) is 43.8 Å². The number of fused-ring (bicyclic) bond motifs is 1. The number of hydrogen-bond acceptors (Lipinski definition) is 3. The molecule has 1 aliphatic heterocycles. The first-order valence-electron chi connectivity index (χ1n) is 8.30. The molecule has 1 aliphatic rings. The van der Waals surface area contributed by atoms with Gasteiger partial charge in [0.05, 0.1) is 16.3 Å². The summed E-state index contributed by atoms with van der Waals surface area (Å²) in [6.45, 7) is 8.36. The predicted octanol–water partition coefficient (Wildman–Crippen LogP) is 4.14. The van der Waals surface area contributed by atoms with Gasteiger partial charge in [-0.2, -0.15) is 0 Å². The molecule has 122 valence electrons. The number of benzene rings is 1. The average molecular weight is 328 g/mol. The lowest BCUT2D eigenvalue weighted by Crippen LogP contribution is -2.43. The van der Waals surface area contributed by atoms with E-state index in [0.717, 1.165) is 23.6 Å². The molecule has 2 atom stereocenters. The van der Waals surface area contributed by atoms with Crippen LogP contribution in [0.5, 0.6) is 0 Å². The topological polar surface area (TPSA) is 33.2 Å². The van der Waals surface area contributed by atoms with Crippen LogP contribution in [0.4, 0.5) is 0 Å². The Balaban J connectivity index is 1.67. The summed E-state index contributed by atoms with van der Waals surface area (Å²) < 4.78 is 0.